The van der Waals surface area contributed by atoms with E-state index >= 15 is 0 Å². The van der Waals surface area contributed by atoms with E-state index in [2.05, 4.69) is 10.2 Å². The molecule has 0 aromatic rings. The van der Waals surface area contributed by atoms with Crippen LogP contribution in [-0.4, -0.2) is 47.1 Å². The summed E-state index contributed by atoms with van der Waals surface area (Å²) in [7, 11) is 0. The Morgan fingerprint density at radius 3 is 2.39 bits per heavy atom. The van der Waals surface area contributed by atoms with Crippen LogP contribution in [0.1, 0.15) is 34.1 Å². The lowest BCUT2D eigenvalue weighted by Crippen LogP contribution is -2.50. The number of ether oxygens (including phenoxy) is 1. The highest BCUT2D eigenvalue weighted by molar-refractivity contribution is 8.13. The molecule has 132 valence electrons. The summed E-state index contributed by atoms with van der Waals surface area (Å²) < 4.78 is 4.86. The van der Waals surface area contributed by atoms with Crippen LogP contribution in [0.25, 0.3) is 0 Å². The molecule has 1 atom stereocenters. The average molecular weight is 350 g/mol. The van der Waals surface area contributed by atoms with Crippen LogP contribution >= 0.6 is 11.8 Å². The third-order valence-electron chi connectivity index (χ3n) is 2.72. The van der Waals surface area contributed by atoms with Crippen molar-refractivity contribution in [3.05, 3.63) is 10.1 Å². The smallest absolute Gasteiger partial charge is 0.329 e. The van der Waals surface area contributed by atoms with Gasteiger partial charge in [0.15, 0.2) is 5.12 Å². The van der Waals surface area contributed by atoms with Crippen LogP contribution in [0.15, 0.2) is 0 Å². The quantitative estimate of drug-likeness (QED) is 0.350. The van der Waals surface area contributed by atoms with Gasteiger partial charge in [0.1, 0.15) is 12.6 Å². The molecular weight excluding hydrogens is 328 g/mol. The average Bonchev–Trinajstić information content (AvgIpc) is 2.48. The standard InChI is InChI=1S/C13H22N2O7S/c1-5-10(16)23-7-9(11(17)21-6-2)14-12(18)13(3,4)8-22-15(19)20/h9H,5-8H2,1-4H3,(H,14,18). The number of carbonyl (C=O) groups excluding carboxylic acids is 3. The molecule has 0 saturated carbocycles. The molecule has 0 aromatic carbocycles. The zero-order valence-electron chi connectivity index (χ0n) is 13.6. The summed E-state index contributed by atoms with van der Waals surface area (Å²) in [6.45, 7) is 5.87. The zero-order chi connectivity index (χ0) is 18.0. The first-order valence-electron chi connectivity index (χ1n) is 7.04. The lowest BCUT2D eigenvalue weighted by Gasteiger charge is -2.25. The Labute approximate surface area is 138 Å². The first-order valence-corrected chi connectivity index (χ1v) is 8.03. The fourth-order valence-electron chi connectivity index (χ4n) is 1.32. The molecule has 0 heterocycles. The predicted molar refractivity (Wildman–Crippen MR) is 83.0 cm³/mol. The van der Waals surface area contributed by atoms with Crippen molar-refractivity contribution in [2.45, 2.75) is 40.2 Å². The van der Waals surface area contributed by atoms with Crippen LogP contribution in [0.5, 0.6) is 0 Å². The van der Waals surface area contributed by atoms with E-state index in [1.165, 1.54) is 13.8 Å². The van der Waals surface area contributed by atoms with Crippen molar-refractivity contribution in [1.82, 2.24) is 5.32 Å². The van der Waals surface area contributed by atoms with Crippen molar-refractivity contribution in [1.29, 1.82) is 0 Å². The van der Waals surface area contributed by atoms with Crippen LogP contribution in [0, 0.1) is 15.5 Å². The fraction of sp³-hybridized carbons (Fsp3) is 0.769. The molecule has 0 spiro atoms. The van der Waals surface area contributed by atoms with Gasteiger partial charge >= 0.3 is 5.97 Å². The Kier molecular flexibility index (Phi) is 9.23. The third-order valence-corrected chi connectivity index (χ3v) is 3.83. The first kappa shape index (κ1) is 21.2. The Bertz CT molecular complexity index is 454. The van der Waals surface area contributed by atoms with Gasteiger partial charge in [0.05, 0.1) is 12.0 Å². The molecule has 0 aliphatic heterocycles. The van der Waals surface area contributed by atoms with E-state index in [1.54, 1.807) is 13.8 Å². The molecule has 0 saturated heterocycles. The normalized spacial score (nSPS) is 12.2. The van der Waals surface area contributed by atoms with Gasteiger partial charge in [0, 0.05) is 12.2 Å². The summed E-state index contributed by atoms with van der Waals surface area (Å²) in [5.41, 5.74) is -1.22. The van der Waals surface area contributed by atoms with Gasteiger partial charge < -0.3 is 14.9 Å². The molecule has 0 radical (unpaired) electrons. The second kappa shape index (κ2) is 10.0. The number of amides is 1. The van der Waals surface area contributed by atoms with Gasteiger partial charge in [-0.25, -0.2) is 4.79 Å². The second-order valence-electron chi connectivity index (χ2n) is 5.20. The van der Waals surface area contributed by atoms with E-state index in [0.29, 0.717) is 6.42 Å². The molecule has 0 rings (SSSR count). The number of carbonyl (C=O) groups is 3. The largest absolute Gasteiger partial charge is 0.464 e. The van der Waals surface area contributed by atoms with E-state index in [-0.39, 0.29) is 17.5 Å². The molecule has 1 unspecified atom stereocenters. The molecule has 0 aliphatic carbocycles. The Morgan fingerprint density at radius 2 is 1.91 bits per heavy atom. The SMILES string of the molecule is CCOC(=O)C(CSC(=O)CC)NC(=O)C(C)(C)CO[N+](=O)[O-]. The molecule has 1 N–H and O–H groups in total. The van der Waals surface area contributed by atoms with E-state index in [0.717, 1.165) is 11.8 Å². The van der Waals surface area contributed by atoms with Gasteiger partial charge in [-0.2, -0.15) is 0 Å². The van der Waals surface area contributed by atoms with Crippen molar-refractivity contribution in [3.8, 4) is 0 Å². The summed E-state index contributed by atoms with van der Waals surface area (Å²) >= 11 is 0.916. The van der Waals surface area contributed by atoms with Crippen molar-refractivity contribution < 1.29 is 29.0 Å². The molecule has 0 aliphatic rings. The Morgan fingerprint density at radius 1 is 1.30 bits per heavy atom. The lowest BCUT2D eigenvalue weighted by molar-refractivity contribution is -0.760. The molecule has 10 heteroatoms. The first-order chi connectivity index (χ1) is 10.6. The number of hydrogen-bond donors (Lipinski definition) is 1. The summed E-state index contributed by atoms with van der Waals surface area (Å²) in [5, 5.41) is 11.6. The van der Waals surface area contributed by atoms with Crippen LogP contribution in [0.4, 0.5) is 0 Å². The maximum Gasteiger partial charge on any atom is 0.329 e. The maximum absolute atomic E-state index is 12.2. The van der Waals surface area contributed by atoms with E-state index < -0.39 is 35.0 Å². The van der Waals surface area contributed by atoms with E-state index in [9.17, 15) is 24.5 Å². The number of hydrogen-bond acceptors (Lipinski definition) is 8. The zero-order valence-corrected chi connectivity index (χ0v) is 14.4. The van der Waals surface area contributed by atoms with Gasteiger partial charge in [-0.05, 0) is 20.8 Å². The van der Waals surface area contributed by atoms with Gasteiger partial charge in [-0.1, -0.05) is 18.7 Å². The third kappa shape index (κ3) is 8.38. The Hall–Kier alpha value is -1.84. The van der Waals surface area contributed by atoms with Gasteiger partial charge in [0.25, 0.3) is 5.09 Å². The lowest BCUT2D eigenvalue weighted by atomic mass is 9.93. The number of nitrogens with one attached hydrogen (secondary N) is 1. The molecule has 9 nitrogen and oxygen atoms in total. The molecular formula is C13H22N2O7S. The van der Waals surface area contributed by atoms with Crippen LogP contribution < -0.4 is 5.32 Å². The van der Waals surface area contributed by atoms with Crippen molar-refractivity contribution in [2.75, 3.05) is 19.0 Å². The van der Waals surface area contributed by atoms with E-state index in [4.69, 9.17) is 4.74 Å². The molecule has 0 fully saturated rings. The van der Waals surface area contributed by atoms with Crippen LogP contribution in [0.3, 0.4) is 0 Å². The van der Waals surface area contributed by atoms with Crippen molar-refractivity contribution >= 4 is 28.8 Å². The van der Waals surface area contributed by atoms with Crippen LogP contribution in [0.2, 0.25) is 0 Å². The van der Waals surface area contributed by atoms with Crippen molar-refractivity contribution in [3.63, 3.8) is 0 Å². The highest BCUT2D eigenvalue weighted by Crippen LogP contribution is 2.17. The molecule has 1 amide bonds. The summed E-state index contributed by atoms with van der Waals surface area (Å²) in [5.74, 6) is -1.24. The fourth-order valence-corrected chi connectivity index (χ4v) is 2.10. The summed E-state index contributed by atoms with van der Waals surface area (Å²) in [6.07, 6.45) is 0.302. The maximum atomic E-state index is 12.2. The second-order valence-corrected chi connectivity index (χ2v) is 6.27. The minimum atomic E-state index is -1.22. The topological polar surface area (TPSA) is 125 Å². The van der Waals surface area contributed by atoms with Gasteiger partial charge in [-0.15, -0.1) is 10.1 Å². The Balaban J connectivity index is 4.83. The van der Waals surface area contributed by atoms with Gasteiger partial charge in [-0.3, -0.25) is 9.59 Å². The van der Waals surface area contributed by atoms with Gasteiger partial charge in [0.2, 0.25) is 5.91 Å². The van der Waals surface area contributed by atoms with Crippen molar-refractivity contribution in [2.24, 2.45) is 5.41 Å². The number of esters is 1. The molecule has 0 aromatic heterocycles. The van der Waals surface area contributed by atoms with Crippen LogP contribution in [-0.2, 0) is 24.0 Å². The minimum absolute atomic E-state index is 0.0312. The predicted octanol–water partition coefficient (Wildman–Crippen LogP) is 0.939. The number of thioether (sulfide) groups is 1. The minimum Gasteiger partial charge on any atom is -0.464 e. The summed E-state index contributed by atoms with van der Waals surface area (Å²) in [6, 6.07) is -1.02. The molecule has 23 heavy (non-hydrogen) atoms. The van der Waals surface area contributed by atoms with E-state index in [1.807, 2.05) is 0 Å². The summed E-state index contributed by atoms with van der Waals surface area (Å²) in [4.78, 5) is 49.9. The highest BCUT2D eigenvalue weighted by Gasteiger charge is 2.33. The molecule has 0 bridgehead atoms. The highest BCUT2D eigenvalue weighted by atomic mass is 32.2. The number of rotatable bonds is 10. The number of nitrogens with zero attached hydrogens (tertiary/aromatic N) is 1. The monoisotopic (exact) mass is 350 g/mol.